The van der Waals surface area contributed by atoms with Gasteiger partial charge >= 0.3 is 0 Å². The van der Waals surface area contributed by atoms with Gasteiger partial charge in [0, 0.05) is 10.7 Å². The third kappa shape index (κ3) is 2.99. The molecule has 0 aliphatic heterocycles. The third-order valence-corrected chi connectivity index (χ3v) is 4.57. The summed E-state index contributed by atoms with van der Waals surface area (Å²) in [6.45, 7) is 5.85. The molecular weight excluding hydrogens is 330 g/mol. The van der Waals surface area contributed by atoms with Crippen LogP contribution in [0.3, 0.4) is 0 Å². The average Bonchev–Trinajstić information content (AvgIpc) is 2.48. The third-order valence-electron chi connectivity index (χ3n) is 3.49. The molecule has 0 unspecified atom stereocenters. The Balaban J connectivity index is 2.39. The first-order valence-corrected chi connectivity index (χ1v) is 8.67. The largest absolute Gasteiger partial charge is 0.268 e. The Morgan fingerprint density at radius 3 is 2.52 bits per heavy atom. The molecule has 1 aromatic carbocycles. The first-order valence-electron chi connectivity index (χ1n) is 7.31. The summed E-state index contributed by atoms with van der Waals surface area (Å²) in [5, 5.41) is 1.84. The average molecular weight is 346 g/mol. The van der Waals surface area contributed by atoms with Gasteiger partial charge in [-0.15, -0.1) is 0 Å². The van der Waals surface area contributed by atoms with Crippen molar-refractivity contribution >= 4 is 34.4 Å². The van der Waals surface area contributed by atoms with E-state index in [4.69, 9.17) is 11.6 Å². The van der Waals surface area contributed by atoms with E-state index in [1.54, 1.807) is 16.7 Å². The first-order chi connectivity index (χ1) is 11.0. The number of aromatic nitrogens is 3. The highest BCUT2D eigenvalue weighted by Gasteiger charge is 2.15. The van der Waals surface area contributed by atoms with Gasteiger partial charge in [0.1, 0.15) is 0 Å². The number of halogens is 1. The van der Waals surface area contributed by atoms with Crippen molar-refractivity contribution in [3.05, 3.63) is 57.0 Å². The van der Waals surface area contributed by atoms with Crippen LogP contribution in [0, 0.1) is 13.8 Å². The van der Waals surface area contributed by atoms with Gasteiger partial charge < -0.3 is 0 Å². The number of thioether (sulfide) groups is 1. The van der Waals surface area contributed by atoms with E-state index in [2.05, 4.69) is 9.97 Å². The Morgan fingerprint density at radius 1 is 1.17 bits per heavy atom. The van der Waals surface area contributed by atoms with Crippen molar-refractivity contribution in [3.63, 3.8) is 0 Å². The van der Waals surface area contributed by atoms with Gasteiger partial charge in [0.25, 0.3) is 5.56 Å². The summed E-state index contributed by atoms with van der Waals surface area (Å²) in [4.78, 5) is 22.1. The second-order valence-corrected chi connectivity index (χ2v) is 6.89. The smallest absolute Gasteiger partial charge is 0.268 e. The normalized spacial score (nSPS) is 11.1. The maximum absolute atomic E-state index is 13.1. The van der Waals surface area contributed by atoms with Crippen molar-refractivity contribution < 1.29 is 0 Å². The highest BCUT2D eigenvalue weighted by molar-refractivity contribution is 7.99. The maximum Gasteiger partial charge on any atom is 0.268 e. The fourth-order valence-electron chi connectivity index (χ4n) is 2.55. The highest BCUT2D eigenvalue weighted by atomic mass is 35.5. The van der Waals surface area contributed by atoms with E-state index in [9.17, 15) is 4.79 Å². The van der Waals surface area contributed by atoms with Crippen molar-refractivity contribution in [1.82, 2.24) is 14.5 Å². The molecule has 0 radical (unpaired) electrons. The van der Waals surface area contributed by atoms with E-state index < -0.39 is 0 Å². The lowest BCUT2D eigenvalue weighted by Crippen LogP contribution is -2.23. The maximum atomic E-state index is 13.1. The predicted octanol–water partition coefficient (Wildman–Crippen LogP) is 4.16. The molecule has 0 saturated heterocycles. The SMILES string of the molecule is CCSc1nc2nc(C)cc(C)c2c(=O)n1-c1ccc(Cl)cc1. The number of pyridine rings is 1. The number of hydrogen-bond acceptors (Lipinski definition) is 4. The minimum Gasteiger partial charge on any atom is -0.268 e. The van der Waals surface area contributed by atoms with Gasteiger partial charge in [0.05, 0.1) is 11.1 Å². The molecule has 3 rings (SSSR count). The standard InChI is InChI=1S/C17H16ClN3OS/c1-4-23-17-20-15-14(10(2)9-11(3)19-15)16(22)21(17)13-7-5-12(18)6-8-13/h5-9H,4H2,1-3H3. The molecule has 3 aromatic rings. The number of benzene rings is 1. The van der Waals surface area contributed by atoms with E-state index in [0.717, 1.165) is 22.7 Å². The molecule has 0 amide bonds. The predicted molar refractivity (Wildman–Crippen MR) is 96.0 cm³/mol. The van der Waals surface area contributed by atoms with Crippen LogP contribution < -0.4 is 5.56 Å². The van der Waals surface area contributed by atoms with Crippen LogP contribution in [0.5, 0.6) is 0 Å². The van der Waals surface area contributed by atoms with Crippen LogP contribution in [-0.4, -0.2) is 20.3 Å². The summed E-state index contributed by atoms with van der Waals surface area (Å²) in [6, 6.07) is 9.11. The summed E-state index contributed by atoms with van der Waals surface area (Å²) in [5.41, 5.74) is 2.91. The molecule has 0 spiro atoms. The van der Waals surface area contributed by atoms with E-state index in [-0.39, 0.29) is 5.56 Å². The number of hydrogen-bond donors (Lipinski definition) is 0. The zero-order valence-electron chi connectivity index (χ0n) is 13.1. The van der Waals surface area contributed by atoms with Crippen molar-refractivity contribution in [1.29, 1.82) is 0 Å². The van der Waals surface area contributed by atoms with Crippen molar-refractivity contribution in [2.24, 2.45) is 0 Å². The van der Waals surface area contributed by atoms with Crippen LogP contribution in [0.1, 0.15) is 18.2 Å². The monoisotopic (exact) mass is 345 g/mol. The lowest BCUT2D eigenvalue weighted by Gasteiger charge is -2.13. The summed E-state index contributed by atoms with van der Waals surface area (Å²) < 4.78 is 1.64. The van der Waals surface area contributed by atoms with E-state index >= 15 is 0 Å². The molecule has 23 heavy (non-hydrogen) atoms. The van der Waals surface area contributed by atoms with Crippen LogP contribution >= 0.6 is 23.4 Å². The molecule has 0 atom stereocenters. The molecule has 2 heterocycles. The molecular formula is C17H16ClN3OS. The second kappa shape index (κ2) is 6.34. The molecule has 118 valence electrons. The molecule has 6 heteroatoms. The number of fused-ring (bicyclic) bond motifs is 1. The van der Waals surface area contributed by atoms with Gasteiger partial charge in [0.2, 0.25) is 0 Å². The van der Waals surface area contributed by atoms with E-state index in [1.165, 1.54) is 11.8 Å². The minimum absolute atomic E-state index is 0.0988. The van der Waals surface area contributed by atoms with Crippen molar-refractivity contribution in [2.45, 2.75) is 25.9 Å². The lowest BCUT2D eigenvalue weighted by molar-refractivity contribution is 0.813. The number of rotatable bonds is 3. The second-order valence-electron chi connectivity index (χ2n) is 5.22. The summed E-state index contributed by atoms with van der Waals surface area (Å²) in [6.07, 6.45) is 0. The van der Waals surface area contributed by atoms with Gasteiger partial charge in [-0.1, -0.05) is 30.3 Å². The minimum atomic E-state index is -0.0988. The molecule has 0 N–H and O–H groups in total. The van der Waals surface area contributed by atoms with Crippen LogP contribution in [0.15, 0.2) is 40.3 Å². The van der Waals surface area contributed by atoms with Crippen LogP contribution in [0.25, 0.3) is 16.7 Å². The Labute approximate surface area is 143 Å². The van der Waals surface area contributed by atoms with Crippen LogP contribution in [0.4, 0.5) is 0 Å². The molecule has 4 nitrogen and oxygen atoms in total. The summed E-state index contributed by atoms with van der Waals surface area (Å²) >= 11 is 7.48. The molecule has 0 aliphatic rings. The Hall–Kier alpha value is -1.85. The zero-order chi connectivity index (χ0) is 16.6. The molecule has 2 aromatic heterocycles. The van der Waals surface area contributed by atoms with Crippen LogP contribution in [0.2, 0.25) is 5.02 Å². The van der Waals surface area contributed by atoms with Gasteiger partial charge in [-0.2, -0.15) is 0 Å². The van der Waals surface area contributed by atoms with Gasteiger partial charge in [-0.05, 0) is 55.5 Å². The molecule has 0 aliphatic carbocycles. The fourth-order valence-corrected chi connectivity index (χ4v) is 3.40. The van der Waals surface area contributed by atoms with E-state index in [1.807, 2.05) is 39.0 Å². The number of nitrogens with zero attached hydrogens (tertiary/aromatic N) is 3. The topological polar surface area (TPSA) is 47.8 Å². The quantitative estimate of drug-likeness (QED) is 0.528. The molecule has 0 fully saturated rings. The fraction of sp³-hybridized carbons (Fsp3) is 0.235. The van der Waals surface area contributed by atoms with Gasteiger partial charge in [0.15, 0.2) is 10.8 Å². The Kier molecular flexibility index (Phi) is 4.41. The Morgan fingerprint density at radius 2 is 1.87 bits per heavy atom. The molecule has 0 saturated carbocycles. The van der Waals surface area contributed by atoms with E-state index in [0.29, 0.717) is 21.2 Å². The Bertz CT molecular complexity index is 935. The van der Waals surface area contributed by atoms with Gasteiger partial charge in [-0.25, -0.2) is 9.97 Å². The first kappa shape index (κ1) is 16.0. The zero-order valence-corrected chi connectivity index (χ0v) is 14.7. The summed E-state index contributed by atoms with van der Waals surface area (Å²) in [7, 11) is 0. The molecule has 0 bridgehead atoms. The van der Waals surface area contributed by atoms with Crippen molar-refractivity contribution in [2.75, 3.05) is 5.75 Å². The lowest BCUT2D eigenvalue weighted by atomic mass is 10.2. The summed E-state index contributed by atoms with van der Waals surface area (Å²) in [5.74, 6) is 0.816. The van der Waals surface area contributed by atoms with Crippen LogP contribution in [-0.2, 0) is 0 Å². The van der Waals surface area contributed by atoms with Crippen molar-refractivity contribution in [3.8, 4) is 5.69 Å². The van der Waals surface area contributed by atoms with Gasteiger partial charge in [-0.3, -0.25) is 9.36 Å². The number of aryl methyl sites for hydroxylation is 2. The highest BCUT2D eigenvalue weighted by Crippen LogP contribution is 2.22.